The predicted molar refractivity (Wildman–Crippen MR) is 65.7 cm³/mol. The number of nitrogens with two attached hydrogens (primary N) is 1. The van der Waals surface area contributed by atoms with E-state index in [0.29, 0.717) is 12.8 Å². The van der Waals surface area contributed by atoms with Crippen LogP contribution in [0.1, 0.15) is 41.6 Å². The van der Waals surface area contributed by atoms with Gasteiger partial charge in [-0.1, -0.05) is 31.0 Å². The van der Waals surface area contributed by atoms with Crippen LogP contribution in [0.4, 0.5) is 13.2 Å². The number of benzene rings is 1. The van der Waals surface area contributed by atoms with Crippen LogP contribution in [-0.2, 0) is 6.18 Å². The van der Waals surface area contributed by atoms with E-state index in [4.69, 9.17) is 5.73 Å². The monoisotopic (exact) mass is 271 g/mol. The van der Waals surface area contributed by atoms with Gasteiger partial charge in [0.2, 0.25) is 0 Å². The molecule has 0 saturated heterocycles. The number of ketones is 1. The lowest BCUT2D eigenvalue weighted by molar-refractivity contribution is -0.138. The van der Waals surface area contributed by atoms with Crippen LogP contribution in [0.5, 0.6) is 0 Å². The Morgan fingerprint density at radius 3 is 2.42 bits per heavy atom. The molecule has 0 amide bonds. The number of carbonyl (C=O) groups excluding carboxylic acids is 1. The molecule has 1 aromatic carbocycles. The second-order valence-electron chi connectivity index (χ2n) is 4.96. The molecule has 104 valence electrons. The van der Waals surface area contributed by atoms with Gasteiger partial charge >= 0.3 is 6.18 Å². The van der Waals surface area contributed by atoms with Gasteiger partial charge in [0.25, 0.3) is 0 Å². The highest BCUT2D eigenvalue weighted by Crippen LogP contribution is 2.34. The largest absolute Gasteiger partial charge is 0.417 e. The molecule has 5 heteroatoms. The van der Waals surface area contributed by atoms with E-state index in [2.05, 4.69) is 0 Å². The Hall–Kier alpha value is -1.36. The van der Waals surface area contributed by atoms with Crippen LogP contribution in [0, 0.1) is 5.92 Å². The number of carbonyl (C=O) groups is 1. The summed E-state index contributed by atoms with van der Waals surface area (Å²) in [6, 6.07) is 4.60. The number of hydrogen-bond acceptors (Lipinski definition) is 2. The van der Waals surface area contributed by atoms with Crippen LogP contribution >= 0.6 is 0 Å². The molecule has 1 saturated carbocycles. The molecule has 0 spiro atoms. The van der Waals surface area contributed by atoms with Crippen molar-refractivity contribution in [3.63, 3.8) is 0 Å². The molecular formula is C14H16F3NO. The van der Waals surface area contributed by atoms with Crippen molar-refractivity contribution in [1.82, 2.24) is 0 Å². The minimum atomic E-state index is -4.51. The average Bonchev–Trinajstić information content (AvgIpc) is 2.37. The summed E-state index contributed by atoms with van der Waals surface area (Å²) < 4.78 is 38.7. The van der Waals surface area contributed by atoms with E-state index in [1.165, 1.54) is 18.2 Å². The molecule has 2 rings (SSSR count). The predicted octanol–water partition coefficient (Wildman–Crippen LogP) is 3.41. The van der Waals surface area contributed by atoms with Crippen molar-refractivity contribution in [3.05, 3.63) is 35.4 Å². The van der Waals surface area contributed by atoms with Gasteiger partial charge in [-0.2, -0.15) is 13.2 Å². The summed E-state index contributed by atoms with van der Waals surface area (Å²) in [7, 11) is 0. The second-order valence-corrected chi connectivity index (χ2v) is 4.96. The van der Waals surface area contributed by atoms with E-state index in [9.17, 15) is 18.0 Å². The van der Waals surface area contributed by atoms with E-state index >= 15 is 0 Å². The fraction of sp³-hybridized carbons (Fsp3) is 0.500. The molecule has 2 N–H and O–H groups in total. The molecule has 2 nitrogen and oxygen atoms in total. The highest BCUT2D eigenvalue weighted by molar-refractivity contribution is 5.99. The molecule has 0 aromatic heterocycles. The maximum Gasteiger partial charge on any atom is 0.417 e. The Morgan fingerprint density at radius 1 is 1.16 bits per heavy atom. The smallest absolute Gasteiger partial charge is 0.327 e. The van der Waals surface area contributed by atoms with Gasteiger partial charge in [-0.15, -0.1) is 0 Å². The van der Waals surface area contributed by atoms with Crippen LogP contribution in [0.25, 0.3) is 0 Å². The minimum Gasteiger partial charge on any atom is -0.327 e. The Labute approximate surface area is 109 Å². The van der Waals surface area contributed by atoms with Crippen LogP contribution in [0.3, 0.4) is 0 Å². The zero-order valence-electron chi connectivity index (χ0n) is 10.4. The normalized spacial score (nSPS) is 24.2. The van der Waals surface area contributed by atoms with Crippen molar-refractivity contribution in [1.29, 1.82) is 0 Å². The van der Waals surface area contributed by atoms with E-state index < -0.39 is 23.4 Å². The lowest BCUT2D eigenvalue weighted by Gasteiger charge is -2.28. The second kappa shape index (κ2) is 5.33. The molecule has 19 heavy (non-hydrogen) atoms. The molecule has 0 heterocycles. The zero-order chi connectivity index (χ0) is 14.0. The van der Waals surface area contributed by atoms with Gasteiger partial charge in [0, 0.05) is 17.5 Å². The first-order valence-electron chi connectivity index (χ1n) is 6.37. The van der Waals surface area contributed by atoms with Gasteiger partial charge in [-0.05, 0) is 18.9 Å². The fourth-order valence-corrected chi connectivity index (χ4v) is 2.63. The number of hydrogen-bond donors (Lipinski definition) is 1. The molecule has 0 bridgehead atoms. The lowest BCUT2D eigenvalue weighted by atomic mass is 9.79. The Morgan fingerprint density at radius 2 is 1.79 bits per heavy atom. The average molecular weight is 271 g/mol. The molecule has 1 aliphatic rings. The lowest BCUT2D eigenvalue weighted by Crippen LogP contribution is -2.38. The van der Waals surface area contributed by atoms with Crippen LogP contribution in [-0.4, -0.2) is 11.8 Å². The third kappa shape index (κ3) is 2.97. The van der Waals surface area contributed by atoms with Crippen molar-refractivity contribution >= 4 is 5.78 Å². The molecule has 1 aromatic rings. The van der Waals surface area contributed by atoms with Crippen molar-refractivity contribution in [2.24, 2.45) is 11.7 Å². The third-order valence-corrected chi connectivity index (χ3v) is 3.65. The molecule has 0 aliphatic heterocycles. The molecule has 0 radical (unpaired) electrons. The fourth-order valence-electron chi connectivity index (χ4n) is 2.63. The maximum atomic E-state index is 12.9. The topological polar surface area (TPSA) is 43.1 Å². The molecular weight excluding hydrogens is 255 g/mol. The summed E-state index contributed by atoms with van der Waals surface area (Å²) >= 11 is 0. The van der Waals surface area contributed by atoms with Gasteiger partial charge in [-0.25, -0.2) is 0 Å². The van der Waals surface area contributed by atoms with E-state index in [-0.39, 0.29) is 11.6 Å². The third-order valence-electron chi connectivity index (χ3n) is 3.65. The minimum absolute atomic E-state index is 0.252. The molecule has 2 atom stereocenters. The van der Waals surface area contributed by atoms with Crippen molar-refractivity contribution in [2.75, 3.05) is 0 Å². The van der Waals surface area contributed by atoms with E-state index in [1.54, 1.807) is 0 Å². The molecule has 1 fully saturated rings. The number of alkyl halides is 3. The number of rotatable bonds is 2. The summed E-state index contributed by atoms with van der Waals surface area (Å²) in [5, 5.41) is 0. The van der Waals surface area contributed by atoms with Crippen LogP contribution in [0.15, 0.2) is 24.3 Å². The van der Waals surface area contributed by atoms with Crippen LogP contribution < -0.4 is 5.73 Å². The first-order valence-corrected chi connectivity index (χ1v) is 6.37. The van der Waals surface area contributed by atoms with Gasteiger partial charge in [0.1, 0.15) is 0 Å². The van der Waals surface area contributed by atoms with Gasteiger partial charge in [0.05, 0.1) is 5.56 Å². The highest BCUT2D eigenvalue weighted by Gasteiger charge is 2.37. The summed E-state index contributed by atoms with van der Waals surface area (Å²) in [5.41, 5.74) is 4.76. The van der Waals surface area contributed by atoms with Gasteiger partial charge in [0.15, 0.2) is 5.78 Å². The van der Waals surface area contributed by atoms with E-state index in [0.717, 1.165) is 18.9 Å². The summed E-state index contributed by atoms with van der Waals surface area (Å²) in [6.07, 6.45) is -1.45. The van der Waals surface area contributed by atoms with Crippen molar-refractivity contribution in [2.45, 2.75) is 37.9 Å². The Balaban J connectivity index is 2.33. The van der Waals surface area contributed by atoms with Crippen LogP contribution in [0.2, 0.25) is 0 Å². The SMILES string of the molecule is NC1CCCCC1C(=O)c1ccccc1C(F)(F)F. The Bertz CT molecular complexity index is 470. The standard InChI is InChI=1S/C14H16F3NO/c15-14(16,17)11-7-3-1-5-9(11)13(19)10-6-2-4-8-12(10)18/h1,3,5,7,10,12H,2,4,6,8,18H2. The molecule has 2 unspecified atom stereocenters. The van der Waals surface area contributed by atoms with Crippen molar-refractivity contribution < 1.29 is 18.0 Å². The maximum absolute atomic E-state index is 12.9. The molecule has 1 aliphatic carbocycles. The first kappa shape index (κ1) is 14.1. The summed E-state index contributed by atoms with van der Waals surface area (Å²) in [5.74, 6) is -0.961. The van der Waals surface area contributed by atoms with Gasteiger partial charge in [-0.3, -0.25) is 4.79 Å². The summed E-state index contributed by atoms with van der Waals surface area (Å²) in [6.45, 7) is 0. The Kier molecular flexibility index (Phi) is 3.94. The van der Waals surface area contributed by atoms with E-state index in [1.807, 2.05) is 0 Å². The number of halogens is 3. The van der Waals surface area contributed by atoms with Gasteiger partial charge < -0.3 is 5.73 Å². The first-order chi connectivity index (χ1) is 8.91. The number of Topliss-reactive ketones (excluding diaryl/α,β-unsaturated/α-hetero) is 1. The van der Waals surface area contributed by atoms with Crippen molar-refractivity contribution in [3.8, 4) is 0 Å². The quantitative estimate of drug-likeness (QED) is 0.838. The summed E-state index contributed by atoms with van der Waals surface area (Å²) in [4.78, 5) is 12.3. The zero-order valence-corrected chi connectivity index (χ0v) is 10.4. The highest BCUT2D eigenvalue weighted by atomic mass is 19.4.